The van der Waals surface area contributed by atoms with E-state index in [4.69, 9.17) is 5.11 Å². The third-order valence-corrected chi connectivity index (χ3v) is 4.48. The second-order valence-corrected chi connectivity index (χ2v) is 8.39. The minimum Gasteiger partial charge on any atom is -0.481 e. The molecule has 0 aromatic rings. The number of hydrogen-bond acceptors (Lipinski definition) is 1. The number of carboxylic acid groups (broad SMARTS) is 1. The Morgan fingerprint density at radius 1 is 0.708 bits per heavy atom. The smallest absolute Gasteiger partial charge is 0.303 e. The topological polar surface area (TPSA) is 37.3 Å². The number of hydrogen-bond donors (Lipinski definition) is 1. The third kappa shape index (κ3) is 21.2. The number of carboxylic acids is 1. The van der Waals surface area contributed by atoms with Gasteiger partial charge in [0.25, 0.3) is 0 Å². The predicted octanol–water partition coefficient (Wildman–Crippen LogP) is 7.52. The second kappa shape index (κ2) is 15.7. The minimum absolute atomic E-state index is 0.330. The molecule has 0 aliphatic rings. The van der Waals surface area contributed by atoms with E-state index in [1.165, 1.54) is 77.0 Å². The molecule has 0 atom stereocenters. The Hall–Kier alpha value is -0.790. The van der Waals surface area contributed by atoms with Crippen LogP contribution in [0, 0.1) is 5.41 Å². The molecule has 0 unspecified atom stereocenters. The van der Waals surface area contributed by atoms with Crippen molar-refractivity contribution in [2.24, 2.45) is 5.41 Å². The highest BCUT2D eigenvalue weighted by atomic mass is 16.4. The Morgan fingerprint density at radius 2 is 1.12 bits per heavy atom. The van der Waals surface area contributed by atoms with Gasteiger partial charge in [-0.15, -0.1) is 0 Å². The van der Waals surface area contributed by atoms with Gasteiger partial charge in [-0.25, -0.2) is 0 Å². The van der Waals surface area contributed by atoms with E-state index in [2.05, 4.69) is 32.9 Å². The van der Waals surface area contributed by atoms with Gasteiger partial charge in [0.15, 0.2) is 0 Å². The van der Waals surface area contributed by atoms with Crippen LogP contribution in [-0.2, 0) is 4.79 Å². The summed E-state index contributed by atoms with van der Waals surface area (Å²) < 4.78 is 0. The lowest BCUT2D eigenvalue weighted by molar-refractivity contribution is -0.137. The molecule has 2 nitrogen and oxygen atoms in total. The van der Waals surface area contributed by atoms with Crippen molar-refractivity contribution in [3.05, 3.63) is 12.2 Å². The molecule has 0 spiro atoms. The summed E-state index contributed by atoms with van der Waals surface area (Å²) in [5.41, 5.74) is 0.503. The van der Waals surface area contributed by atoms with E-state index in [9.17, 15) is 4.79 Å². The largest absolute Gasteiger partial charge is 0.481 e. The molecular weight excluding hydrogens is 296 g/mol. The molecule has 0 radical (unpaired) electrons. The van der Waals surface area contributed by atoms with E-state index < -0.39 is 5.97 Å². The quantitative estimate of drug-likeness (QED) is 0.233. The zero-order valence-electron chi connectivity index (χ0n) is 16.6. The minimum atomic E-state index is -0.664. The van der Waals surface area contributed by atoms with Crippen molar-refractivity contribution in [3.63, 3.8) is 0 Å². The molecule has 24 heavy (non-hydrogen) atoms. The average molecular weight is 339 g/mol. The standard InChI is InChI=1S/C22H42O2/c1-22(2,3)20-18-16-14-12-10-8-6-4-5-7-9-11-13-15-17-19-21(23)24/h4-5H,6-20H2,1-3H3,(H,23,24). The molecule has 0 heterocycles. The van der Waals surface area contributed by atoms with Crippen LogP contribution >= 0.6 is 0 Å². The Kier molecular flexibility index (Phi) is 15.2. The molecule has 1 N–H and O–H groups in total. The summed E-state index contributed by atoms with van der Waals surface area (Å²) in [7, 11) is 0. The van der Waals surface area contributed by atoms with E-state index in [-0.39, 0.29) is 0 Å². The van der Waals surface area contributed by atoms with Crippen molar-refractivity contribution in [3.8, 4) is 0 Å². The molecule has 0 saturated carbocycles. The highest BCUT2D eigenvalue weighted by Gasteiger charge is 2.08. The molecule has 0 bridgehead atoms. The summed E-state index contributed by atoms with van der Waals surface area (Å²) in [4.78, 5) is 10.4. The van der Waals surface area contributed by atoms with Crippen LogP contribution in [0.5, 0.6) is 0 Å². The molecule has 0 amide bonds. The van der Waals surface area contributed by atoms with Gasteiger partial charge >= 0.3 is 5.97 Å². The van der Waals surface area contributed by atoms with Crippen LogP contribution in [0.4, 0.5) is 0 Å². The molecule has 0 aliphatic carbocycles. The van der Waals surface area contributed by atoms with Gasteiger partial charge in [-0.2, -0.15) is 0 Å². The van der Waals surface area contributed by atoms with Crippen molar-refractivity contribution < 1.29 is 9.90 Å². The molecular formula is C22H42O2. The van der Waals surface area contributed by atoms with Crippen LogP contribution in [0.2, 0.25) is 0 Å². The van der Waals surface area contributed by atoms with Gasteiger partial charge in [-0.3, -0.25) is 4.79 Å². The van der Waals surface area contributed by atoms with Gasteiger partial charge < -0.3 is 5.11 Å². The number of unbranched alkanes of at least 4 members (excludes halogenated alkanes) is 11. The lowest BCUT2D eigenvalue weighted by Gasteiger charge is -2.17. The summed E-state index contributed by atoms with van der Waals surface area (Å²) in [6, 6.07) is 0. The lowest BCUT2D eigenvalue weighted by Crippen LogP contribution is -2.03. The summed E-state index contributed by atoms with van der Waals surface area (Å²) in [6.45, 7) is 7.00. The maximum absolute atomic E-state index is 10.4. The second-order valence-electron chi connectivity index (χ2n) is 8.39. The average Bonchev–Trinajstić information content (AvgIpc) is 2.49. The first kappa shape index (κ1) is 23.2. The summed E-state index contributed by atoms with van der Waals surface area (Å²) >= 11 is 0. The summed E-state index contributed by atoms with van der Waals surface area (Å²) in [5.74, 6) is -0.664. The van der Waals surface area contributed by atoms with Gasteiger partial charge in [0, 0.05) is 6.42 Å². The molecule has 0 aromatic carbocycles. The van der Waals surface area contributed by atoms with Crippen molar-refractivity contribution in [2.75, 3.05) is 0 Å². The predicted molar refractivity (Wildman–Crippen MR) is 105 cm³/mol. The fourth-order valence-electron chi connectivity index (χ4n) is 2.93. The number of allylic oxidation sites excluding steroid dienone is 2. The number of aliphatic carboxylic acids is 1. The Labute approximate surface area is 151 Å². The maximum Gasteiger partial charge on any atom is 0.303 e. The summed E-state index contributed by atoms with van der Waals surface area (Å²) in [6.07, 6.45) is 22.7. The SMILES string of the molecule is CC(C)(C)CCCCCCCCC=CCCCCCCCC(=O)O. The zero-order valence-corrected chi connectivity index (χ0v) is 16.6. The van der Waals surface area contributed by atoms with E-state index in [0.717, 1.165) is 12.8 Å². The summed E-state index contributed by atoms with van der Waals surface area (Å²) in [5, 5.41) is 8.55. The van der Waals surface area contributed by atoms with E-state index in [1.807, 2.05) is 0 Å². The fourth-order valence-corrected chi connectivity index (χ4v) is 2.93. The molecule has 0 aliphatic heterocycles. The van der Waals surface area contributed by atoms with Gasteiger partial charge in [0.05, 0.1) is 0 Å². The van der Waals surface area contributed by atoms with Crippen LogP contribution < -0.4 is 0 Å². The van der Waals surface area contributed by atoms with Crippen LogP contribution in [-0.4, -0.2) is 11.1 Å². The first-order valence-electron chi connectivity index (χ1n) is 10.3. The highest BCUT2D eigenvalue weighted by molar-refractivity contribution is 5.66. The molecule has 142 valence electrons. The van der Waals surface area contributed by atoms with Gasteiger partial charge in [0.2, 0.25) is 0 Å². The van der Waals surface area contributed by atoms with Crippen molar-refractivity contribution >= 4 is 5.97 Å². The van der Waals surface area contributed by atoms with Crippen LogP contribution in [0.25, 0.3) is 0 Å². The monoisotopic (exact) mass is 338 g/mol. The van der Waals surface area contributed by atoms with Crippen LogP contribution in [0.1, 0.15) is 117 Å². The third-order valence-electron chi connectivity index (χ3n) is 4.48. The molecule has 2 heteroatoms. The first-order valence-corrected chi connectivity index (χ1v) is 10.3. The Balaban J connectivity index is 3.15. The maximum atomic E-state index is 10.4. The number of rotatable bonds is 16. The Bertz CT molecular complexity index is 312. The van der Waals surface area contributed by atoms with Gasteiger partial charge in [-0.1, -0.05) is 84.3 Å². The first-order chi connectivity index (χ1) is 11.4. The Morgan fingerprint density at radius 3 is 1.58 bits per heavy atom. The van der Waals surface area contributed by atoms with Crippen LogP contribution in [0.15, 0.2) is 12.2 Å². The molecule has 0 saturated heterocycles. The lowest BCUT2D eigenvalue weighted by atomic mass is 9.89. The van der Waals surface area contributed by atoms with Crippen molar-refractivity contribution in [1.29, 1.82) is 0 Å². The van der Waals surface area contributed by atoms with Crippen molar-refractivity contribution in [1.82, 2.24) is 0 Å². The molecule has 0 fully saturated rings. The zero-order chi connectivity index (χ0) is 18.1. The van der Waals surface area contributed by atoms with Gasteiger partial charge in [0.1, 0.15) is 0 Å². The van der Waals surface area contributed by atoms with Crippen molar-refractivity contribution in [2.45, 2.75) is 117 Å². The fraction of sp³-hybridized carbons (Fsp3) is 0.864. The molecule has 0 rings (SSSR count). The van der Waals surface area contributed by atoms with E-state index in [0.29, 0.717) is 11.8 Å². The van der Waals surface area contributed by atoms with Crippen LogP contribution in [0.3, 0.4) is 0 Å². The van der Waals surface area contributed by atoms with Gasteiger partial charge in [-0.05, 0) is 43.9 Å². The normalized spacial score (nSPS) is 12.1. The van der Waals surface area contributed by atoms with E-state index in [1.54, 1.807) is 0 Å². The molecule has 0 aromatic heterocycles. The van der Waals surface area contributed by atoms with E-state index >= 15 is 0 Å². The highest BCUT2D eigenvalue weighted by Crippen LogP contribution is 2.22. The number of carbonyl (C=O) groups is 1.